The van der Waals surface area contributed by atoms with E-state index in [0.29, 0.717) is 44.4 Å². The number of carbonyl (C=O) groups is 5. The fourth-order valence-electron chi connectivity index (χ4n) is 4.34. The standard InChI is InChI=1S/C29H56N6O6S/c1-8-19(6)24(28(39)34-23(29(40)41)16-18(4)5)35-27(38)21(11-9-10-13-30)33-26(37)22(12-14-42-7)32-25(36)20(31)15-17(2)3/h17-24H,8-16,30-31H2,1-7H3,(H,32,36)(H,33,37)(H,34,39)(H,35,38)(H,40,41)/t19-,20-,21-,22-,23-,24-/m0/s1. The van der Waals surface area contributed by atoms with Gasteiger partial charge in [0.2, 0.25) is 23.6 Å². The molecule has 0 heterocycles. The lowest BCUT2D eigenvalue weighted by molar-refractivity contribution is -0.143. The van der Waals surface area contributed by atoms with E-state index in [9.17, 15) is 29.1 Å². The molecule has 244 valence electrons. The van der Waals surface area contributed by atoms with Crippen molar-refractivity contribution in [2.24, 2.45) is 29.2 Å². The summed E-state index contributed by atoms with van der Waals surface area (Å²) in [5.74, 6) is -2.74. The second-order valence-electron chi connectivity index (χ2n) is 11.8. The molecule has 0 aliphatic heterocycles. The van der Waals surface area contributed by atoms with Gasteiger partial charge in [-0.2, -0.15) is 11.8 Å². The van der Waals surface area contributed by atoms with Gasteiger partial charge < -0.3 is 37.8 Å². The van der Waals surface area contributed by atoms with E-state index in [-0.39, 0.29) is 30.6 Å². The maximum absolute atomic E-state index is 13.5. The number of aliphatic carboxylic acids is 1. The van der Waals surface area contributed by atoms with Gasteiger partial charge in [0.25, 0.3) is 0 Å². The van der Waals surface area contributed by atoms with Crippen molar-refractivity contribution in [2.45, 2.75) is 117 Å². The van der Waals surface area contributed by atoms with Gasteiger partial charge in [-0.3, -0.25) is 19.2 Å². The minimum atomic E-state index is -1.15. The summed E-state index contributed by atoms with van der Waals surface area (Å²) < 4.78 is 0. The highest BCUT2D eigenvalue weighted by molar-refractivity contribution is 7.98. The van der Waals surface area contributed by atoms with E-state index < -0.39 is 59.8 Å². The molecule has 0 aromatic heterocycles. The third kappa shape index (κ3) is 15.7. The molecule has 0 bridgehead atoms. The maximum atomic E-state index is 13.5. The van der Waals surface area contributed by atoms with Crippen molar-refractivity contribution in [1.82, 2.24) is 21.3 Å². The Morgan fingerprint density at radius 1 is 0.738 bits per heavy atom. The van der Waals surface area contributed by atoms with E-state index in [0.717, 1.165) is 0 Å². The molecule has 0 rings (SSSR count). The SMILES string of the molecule is CC[C@H](C)[C@H](NC(=O)[C@H](CCCCN)NC(=O)[C@H](CCSC)NC(=O)[C@@H](N)CC(C)C)C(=O)N[C@@H](CC(C)C)C(=O)O. The summed E-state index contributed by atoms with van der Waals surface area (Å²) in [7, 11) is 0. The lowest BCUT2D eigenvalue weighted by Gasteiger charge is -2.29. The molecular formula is C29H56N6O6S. The monoisotopic (exact) mass is 616 g/mol. The molecule has 0 saturated carbocycles. The molecule has 0 unspecified atom stereocenters. The number of unbranched alkanes of at least 4 members (excludes halogenated alkanes) is 1. The molecule has 0 saturated heterocycles. The van der Waals surface area contributed by atoms with Crippen LogP contribution in [0.1, 0.15) is 86.5 Å². The van der Waals surface area contributed by atoms with Crippen molar-refractivity contribution in [2.75, 3.05) is 18.6 Å². The quantitative estimate of drug-likeness (QED) is 0.0876. The molecular weight excluding hydrogens is 560 g/mol. The highest BCUT2D eigenvalue weighted by Crippen LogP contribution is 2.13. The molecule has 0 radical (unpaired) electrons. The first-order chi connectivity index (χ1) is 19.7. The third-order valence-electron chi connectivity index (χ3n) is 7.00. The summed E-state index contributed by atoms with van der Waals surface area (Å²) in [6.07, 6.45) is 4.92. The van der Waals surface area contributed by atoms with Gasteiger partial charge in [-0.05, 0) is 74.8 Å². The average molecular weight is 617 g/mol. The van der Waals surface area contributed by atoms with Gasteiger partial charge in [0.05, 0.1) is 6.04 Å². The van der Waals surface area contributed by atoms with Crippen LogP contribution < -0.4 is 32.7 Å². The van der Waals surface area contributed by atoms with Gasteiger partial charge in [0.1, 0.15) is 24.2 Å². The second-order valence-corrected chi connectivity index (χ2v) is 12.8. The van der Waals surface area contributed by atoms with Crippen LogP contribution in [0, 0.1) is 17.8 Å². The first kappa shape index (κ1) is 39.6. The molecule has 0 aromatic rings. The summed E-state index contributed by atoms with van der Waals surface area (Å²) in [6, 6.07) is -4.75. The first-order valence-corrected chi connectivity index (χ1v) is 16.5. The fourth-order valence-corrected chi connectivity index (χ4v) is 4.81. The van der Waals surface area contributed by atoms with Crippen LogP contribution in [0.15, 0.2) is 0 Å². The molecule has 13 heteroatoms. The number of carboxylic acid groups (broad SMARTS) is 1. The van der Waals surface area contributed by atoms with Crippen molar-refractivity contribution in [3.63, 3.8) is 0 Å². The Morgan fingerprint density at radius 2 is 1.26 bits per heavy atom. The Balaban J connectivity index is 5.90. The number of carboxylic acids is 1. The molecule has 0 aliphatic rings. The Labute approximate surface area is 256 Å². The number of carbonyl (C=O) groups excluding carboxylic acids is 4. The lowest BCUT2D eigenvalue weighted by Crippen LogP contribution is -2.59. The zero-order chi connectivity index (χ0) is 32.4. The first-order valence-electron chi connectivity index (χ1n) is 15.1. The summed E-state index contributed by atoms with van der Waals surface area (Å²) in [5.41, 5.74) is 11.7. The fraction of sp³-hybridized carbons (Fsp3) is 0.828. The minimum Gasteiger partial charge on any atom is -0.480 e. The molecule has 4 amide bonds. The number of hydrogen-bond acceptors (Lipinski definition) is 8. The van der Waals surface area contributed by atoms with E-state index in [1.54, 1.807) is 6.92 Å². The highest BCUT2D eigenvalue weighted by Gasteiger charge is 2.33. The van der Waals surface area contributed by atoms with Gasteiger partial charge in [-0.15, -0.1) is 0 Å². The summed E-state index contributed by atoms with van der Waals surface area (Å²) in [4.78, 5) is 64.6. The number of rotatable bonds is 22. The zero-order valence-corrected chi connectivity index (χ0v) is 27.4. The lowest BCUT2D eigenvalue weighted by atomic mass is 9.96. The van der Waals surface area contributed by atoms with Crippen molar-refractivity contribution >= 4 is 41.4 Å². The van der Waals surface area contributed by atoms with E-state index in [1.807, 2.05) is 40.9 Å². The van der Waals surface area contributed by atoms with Gasteiger partial charge in [-0.1, -0.05) is 48.0 Å². The molecule has 12 nitrogen and oxygen atoms in total. The maximum Gasteiger partial charge on any atom is 0.326 e. The van der Waals surface area contributed by atoms with Crippen LogP contribution >= 0.6 is 11.8 Å². The van der Waals surface area contributed by atoms with Crippen LogP contribution in [-0.2, 0) is 24.0 Å². The van der Waals surface area contributed by atoms with Crippen molar-refractivity contribution < 1.29 is 29.1 Å². The van der Waals surface area contributed by atoms with Gasteiger partial charge in [0, 0.05) is 0 Å². The predicted octanol–water partition coefficient (Wildman–Crippen LogP) is 1.36. The highest BCUT2D eigenvalue weighted by atomic mass is 32.2. The van der Waals surface area contributed by atoms with Gasteiger partial charge in [0.15, 0.2) is 0 Å². The van der Waals surface area contributed by atoms with E-state index in [2.05, 4.69) is 21.3 Å². The minimum absolute atomic E-state index is 0.0321. The molecule has 0 aromatic carbocycles. The van der Waals surface area contributed by atoms with E-state index >= 15 is 0 Å². The number of nitrogens with two attached hydrogens (primary N) is 2. The zero-order valence-electron chi connectivity index (χ0n) is 26.5. The third-order valence-corrected chi connectivity index (χ3v) is 7.64. The summed E-state index contributed by atoms with van der Waals surface area (Å²) in [6.45, 7) is 11.7. The summed E-state index contributed by atoms with van der Waals surface area (Å²) >= 11 is 1.52. The Bertz CT molecular complexity index is 858. The van der Waals surface area contributed by atoms with Crippen LogP contribution in [0.5, 0.6) is 0 Å². The topological polar surface area (TPSA) is 206 Å². The second kappa shape index (κ2) is 21.3. The van der Waals surface area contributed by atoms with Gasteiger partial charge in [-0.25, -0.2) is 4.79 Å². The smallest absolute Gasteiger partial charge is 0.326 e. The molecule has 0 aliphatic carbocycles. The predicted molar refractivity (Wildman–Crippen MR) is 168 cm³/mol. The number of hydrogen-bond donors (Lipinski definition) is 7. The molecule has 42 heavy (non-hydrogen) atoms. The Morgan fingerprint density at radius 3 is 1.76 bits per heavy atom. The molecule has 0 spiro atoms. The van der Waals surface area contributed by atoms with E-state index in [1.165, 1.54) is 11.8 Å². The van der Waals surface area contributed by atoms with Crippen LogP contribution in [0.4, 0.5) is 0 Å². The average Bonchev–Trinajstić information content (AvgIpc) is 2.91. The number of amides is 4. The normalized spacial score (nSPS) is 15.7. The van der Waals surface area contributed by atoms with Crippen LogP contribution in [0.2, 0.25) is 0 Å². The number of thioether (sulfide) groups is 1. The molecule has 6 atom stereocenters. The molecule has 0 fully saturated rings. The molecule has 9 N–H and O–H groups in total. The van der Waals surface area contributed by atoms with E-state index in [4.69, 9.17) is 11.5 Å². The Hall–Kier alpha value is -2.38. The largest absolute Gasteiger partial charge is 0.480 e. The van der Waals surface area contributed by atoms with Crippen molar-refractivity contribution in [1.29, 1.82) is 0 Å². The van der Waals surface area contributed by atoms with Crippen LogP contribution in [-0.4, -0.2) is 83.5 Å². The summed E-state index contributed by atoms with van der Waals surface area (Å²) in [5, 5.41) is 20.4. The van der Waals surface area contributed by atoms with Crippen molar-refractivity contribution in [3.05, 3.63) is 0 Å². The Kier molecular flexibility index (Phi) is 20.1. The van der Waals surface area contributed by atoms with Crippen LogP contribution in [0.25, 0.3) is 0 Å². The van der Waals surface area contributed by atoms with Crippen LogP contribution in [0.3, 0.4) is 0 Å². The van der Waals surface area contributed by atoms with Gasteiger partial charge >= 0.3 is 5.97 Å². The number of nitrogens with one attached hydrogen (secondary N) is 4. The van der Waals surface area contributed by atoms with Crippen molar-refractivity contribution in [3.8, 4) is 0 Å².